The first-order chi connectivity index (χ1) is 17.5. The van der Waals surface area contributed by atoms with Crippen molar-refractivity contribution in [3.8, 4) is 5.75 Å². The zero-order valence-electron chi connectivity index (χ0n) is 21.4. The van der Waals surface area contributed by atoms with Crippen LogP contribution in [0.25, 0.3) is 0 Å². The SMILES string of the molecule is COc1ccc(CO[C@@H]2C[C@H](O[C@@H]3[C@@H](C)O[C@@H](OC)C[C@H]3OCc3ccccc3)O[C@H](C)[C@H]2O)cc1. The third kappa shape index (κ3) is 7.04. The van der Waals surface area contributed by atoms with Crippen LogP contribution in [-0.2, 0) is 41.6 Å². The van der Waals surface area contributed by atoms with Gasteiger partial charge in [0, 0.05) is 20.0 Å². The first-order valence-corrected chi connectivity index (χ1v) is 12.5. The van der Waals surface area contributed by atoms with Crippen molar-refractivity contribution in [3.05, 3.63) is 65.7 Å². The van der Waals surface area contributed by atoms with Crippen LogP contribution in [0.15, 0.2) is 54.6 Å². The summed E-state index contributed by atoms with van der Waals surface area (Å²) in [6.45, 7) is 4.61. The van der Waals surface area contributed by atoms with Crippen molar-refractivity contribution in [2.75, 3.05) is 14.2 Å². The van der Waals surface area contributed by atoms with Gasteiger partial charge in [-0.25, -0.2) is 0 Å². The fourth-order valence-electron chi connectivity index (χ4n) is 4.65. The van der Waals surface area contributed by atoms with E-state index >= 15 is 0 Å². The Kier molecular flexibility index (Phi) is 9.73. The van der Waals surface area contributed by atoms with Crippen LogP contribution in [0.3, 0.4) is 0 Å². The van der Waals surface area contributed by atoms with Crippen LogP contribution in [0.5, 0.6) is 5.75 Å². The molecule has 198 valence electrons. The minimum absolute atomic E-state index is 0.247. The van der Waals surface area contributed by atoms with Gasteiger partial charge in [0.2, 0.25) is 0 Å². The number of aliphatic hydroxyl groups is 1. The summed E-state index contributed by atoms with van der Waals surface area (Å²) >= 11 is 0. The van der Waals surface area contributed by atoms with Crippen molar-refractivity contribution < 1.29 is 38.3 Å². The molecule has 2 aliphatic rings. The molecule has 8 atom stereocenters. The number of ether oxygens (including phenoxy) is 7. The smallest absolute Gasteiger partial charge is 0.161 e. The maximum absolute atomic E-state index is 10.7. The van der Waals surface area contributed by atoms with E-state index in [0.29, 0.717) is 26.1 Å². The van der Waals surface area contributed by atoms with Crippen molar-refractivity contribution in [1.82, 2.24) is 0 Å². The normalized spacial score (nSPS) is 32.8. The molecule has 2 saturated heterocycles. The Balaban J connectivity index is 1.38. The zero-order valence-corrected chi connectivity index (χ0v) is 21.4. The molecule has 2 heterocycles. The average Bonchev–Trinajstić information content (AvgIpc) is 2.90. The summed E-state index contributed by atoms with van der Waals surface area (Å²) in [5.41, 5.74) is 2.08. The molecule has 2 fully saturated rings. The summed E-state index contributed by atoms with van der Waals surface area (Å²) in [6, 6.07) is 17.7. The molecule has 0 aliphatic carbocycles. The predicted molar refractivity (Wildman–Crippen MR) is 132 cm³/mol. The first kappa shape index (κ1) is 27.0. The Bertz CT molecular complexity index is 908. The highest BCUT2D eigenvalue weighted by Gasteiger charge is 2.43. The Hall–Kier alpha value is -2.04. The highest BCUT2D eigenvalue weighted by Crippen LogP contribution is 2.31. The average molecular weight is 503 g/mol. The predicted octanol–water partition coefficient (Wildman–Crippen LogP) is 3.83. The van der Waals surface area contributed by atoms with E-state index in [1.807, 2.05) is 68.4 Å². The lowest BCUT2D eigenvalue weighted by molar-refractivity contribution is -0.317. The van der Waals surface area contributed by atoms with Crippen LogP contribution >= 0.6 is 0 Å². The molecular formula is C28H38O8. The Morgan fingerprint density at radius 3 is 2.06 bits per heavy atom. The van der Waals surface area contributed by atoms with Gasteiger partial charge in [0.15, 0.2) is 12.6 Å². The third-order valence-electron chi connectivity index (χ3n) is 6.78. The van der Waals surface area contributed by atoms with E-state index in [4.69, 9.17) is 33.2 Å². The lowest BCUT2D eigenvalue weighted by atomic mass is 10.00. The van der Waals surface area contributed by atoms with Gasteiger partial charge in [0.1, 0.15) is 18.0 Å². The minimum atomic E-state index is -0.758. The summed E-state index contributed by atoms with van der Waals surface area (Å²) < 4.78 is 41.5. The van der Waals surface area contributed by atoms with Crippen LogP contribution in [0.2, 0.25) is 0 Å². The molecule has 1 N–H and O–H groups in total. The number of benzene rings is 2. The summed E-state index contributed by atoms with van der Waals surface area (Å²) in [5.74, 6) is 0.788. The number of rotatable bonds is 10. The minimum Gasteiger partial charge on any atom is -0.497 e. The molecule has 0 spiro atoms. The van der Waals surface area contributed by atoms with Gasteiger partial charge in [-0.05, 0) is 37.1 Å². The Morgan fingerprint density at radius 1 is 0.778 bits per heavy atom. The largest absolute Gasteiger partial charge is 0.497 e. The van der Waals surface area contributed by atoms with Gasteiger partial charge in [0.05, 0.1) is 44.7 Å². The maximum Gasteiger partial charge on any atom is 0.161 e. The second-order valence-corrected chi connectivity index (χ2v) is 9.37. The number of hydrogen-bond donors (Lipinski definition) is 1. The maximum atomic E-state index is 10.7. The summed E-state index contributed by atoms with van der Waals surface area (Å²) in [6.07, 6.45) is -2.52. The highest BCUT2D eigenvalue weighted by atomic mass is 16.7. The molecule has 0 aromatic heterocycles. The van der Waals surface area contributed by atoms with Crippen molar-refractivity contribution in [2.45, 2.75) is 89.1 Å². The zero-order chi connectivity index (χ0) is 25.5. The Labute approximate surface area is 213 Å². The van der Waals surface area contributed by atoms with E-state index in [9.17, 15) is 5.11 Å². The standard InChI is InChI=1S/C28H38O8/c1-18-27(29)23(32-17-21-10-12-22(30-3)13-11-21)14-26(34-18)36-28-19(2)35-25(31-4)15-24(28)33-16-20-8-6-5-7-9-20/h5-13,18-19,23-29H,14-17H2,1-4H3/t18-,19-,23-,24-,25-,26+,27-,28-/m1/s1. The van der Waals surface area contributed by atoms with Gasteiger partial charge in [-0.1, -0.05) is 42.5 Å². The molecule has 0 saturated carbocycles. The van der Waals surface area contributed by atoms with Crippen molar-refractivity contribution in [2.24, 2.45) is 0 Å². The van der Waals surface area contributed by atoms with Crippen LogP contribution in [0.1, 0.15) is 37.8 Å². The summed E-state index contributed by atoms with van der Waals surface area (Å²) in [5, 5.41) is 10.7. The highest BCUT2D eigenvalue weighted by molar-refractivity contribution is 5.26. The second-order valence-electron chi connectivity index (χ2n) is 9.37. The van der Waals surface area contributed by atoms with Crippen molar-refractivity contribution in [1.29, 1.82) is 0 Å². The molecule has 2 aromatic rings. The molecular weight excluding hydrogens is 464 g/mol. The molecule has 0 bridgehead atoms. The second kappa shape index (κ2) is 13.0. The molecule has 2 aromatic carbocycles. The van der Waals surface area contributed by atoms with E-state index in [1.165, 1.54) is 0 Å². The summed E-state index contributed by atoms with van der Waals surface area (Å²) in [7, 11) is 3.27. The van der Waals surface area contributed by atoms with Gasteiger partial charge in [-0.2, -0.15) is 0 Å². The topological polar surface area (TPSA) is 84.8 Å². The van der Waals surface area contributed by atoms with E-state index in [2.05, 4.69) is 0 Å². The first-order valence-electron chi connectivity index (χ1n) is 12.5. The lowest BCUT2D eigenvalue weighted by Crippen LogP contribution is -2.54. The molecule has 0 radical (unpaired) electrons. The molecule has 8 heteroatoms. The fourth-order valence-corrected chi connectivity index (χ4v) is 4.65. The van der Waals surface area contributed by atoms with Gasteiger partial charge in [-0.15, -0.1) is 0 Å². The number of methoxy groups -OCH3 is 2. The van der Waals surface area contributed by atoms with Gasteiger partial charge in [0.25, 0.3) is 0 Å². The van der Waals surface area contributed by atoms with E-state index in [0.717, 1.165) is 16.9 Å². The molecule has 36 heavy (non-hydrogen) atoms. The quantitative estimate of drug-likeness (QED) is 0.525. The monoisotopic (exact) mass is 502 g/mol. The van der Waals surface area contributed by atoms with Gasteiger partial charge in [-0.3, -0.25) is 0 Å². The van der Waals surface area contributed by atoms with E-state index in [1.54, 1.807) is 14.2 Å². The molecule has 0 unspecified atom stereocenters. The lowest BCUT2D eigenvalue weighted by Gasteiger charge is -2.44. The van der Waals surface area contributed by atoms with Gasteiger partial charge >= 0.3 is 0 Å². The molecule has 0 amide bonds. The molecule has 2 aliphatic heterocycles. The number of aliphatic hydroxyl groups excluding tert-OH is 1. The van der Waals surface area contributed by atoms with Crippen molar-refractivity contribution >= 4 is 0 Å². The van der Waals surface area contributed by atoms with E-state index in [-0.39, 0.29) is 24.6 Å². The van der Waals surface area contributed by atoms with Crippen molar-refractivity contribution in [3.63, 3.8) is 0 Å². The molecule has 4 rings (SSSR count). The fraction of sp³-hybridized carbons (Fsp3) is 0.571. The van der Waals surface area contributed by atoms with E-state index < -0.39 is 24.6 Å². The van der Waals surface area contributed by atoms with Crippen LogP contribution in [0.4, 0.5) is 0 Å². The Morgan fingerprint density at radius 2 is 1.39 bits per heavy atom. The summed E-state index contributed by atoms with van der Waals surface area (Å²) in [4.78, 5) is 0. The van der Waals surface area contributed by atoms with Crippen LogP contribution in [0, 0.1) is 0 Å². The van der Waals surface area contributed by atoms with Crippen LogP contribution in [-0.4, -0.2) is 68.5 Å². The molecule has 8 nitrogen and oxygen atoms in total. The van der Waals surface area contributed by atoms with Gasteiger partial charge < -0.3 is 38.3 Å². The van der Waals surface area contributed by atoms with Crippen LogP contribution < -0.4 is 4.74 Å². The number of hydrogen-bond acceptors (Lipinski definition) is 8. The third-order valence-corrected chi connectivity index (χ3v) is 6.78.